The van der Waals surface area contributed by atoms with Crippen molar-refractivity contribution in [3.8, 4) is 0 Å². The summed E-state index contributed by atoms with van der Waals surface area (Å²) in [5.41, 5.74) is 5.91. The maximum absolute atomic E-state index is 5.91. The highest BCUT2D eigenvalue weighted by molar-refractivity contribution is 8.68. The minimum Gasteiger partial charge on any atom is -0.359 e. The van der Waals surface area contributed by atoms with Crippen molar-refractivity contribution in [3.05, 3.63) is 12.2 Å². The minimum absolute atomic E-state index is 0.120. The summed E-state index contributed by atoms with van der Waals surface area (Å²) in [6, 6.07) is 0. The van der Waals surface area contributed by atoms with Crippen molar-refractivity contribution in [3.63, 3.8) is 0 Å². The first kappa shape index (κ1) is 11.4. The third kappa shape index (κ3) is 3.54. The van der Waals surface area contributed by atoms with E-state index in [9.17, 15) is 0 Å². The fourth-order valence-corrected chi connectivity index (χ4v) is 2.73. The van der Waals surface area contributed by atoms with Gasteiger partial charge in [-0.2, -0.15) is 0 Å². The van der Waals surface area contributed by atoms with Crippen LogP contribution in [0.2, 0.25) is 0 Å². The lowest BCUT2D eigenvalue weighted by Gasteiger charge is -2.26. The molecule has 0 aromatic heterocycles. The van der Waals surface area contributed by atoms with Crippen LogP contribution in [0.5, 0.6) is 0 Å². The average molecular weight is 219 g/mol. The highest BCUT2D eigenvalue weighted by Crippen LogP contribution is 2.26. The topological polar surface area (TPSA) is 35.2 Å². The fraction of sp³-hybridized carbons (Fsp3) is 0.778. The fourth-order valence-electron chi connectivity index (χ4n) is 1.54. The Kier molecular flexibility index (Phi) is 5.24. The van der Waals surface area contributed by atoms with Crippen LogP contribution in [-0.4, -0.2) is 18.6 Å². The summed E-state index contributed by atoms with van der Waals surface area (Å²) >= 11 is 4.15. The molecule has 0 saturated carbocycles. The van der Waals surface area contributed by atoms with Crippen LogP contribution < -0.4 is 5.73 Å². The van der Waals surface area contributed by atoms with Crippen molar-refractivity contribution in [2.45, 2.75) is 19.6 Å². The number of thiol groups is 1. The maximum atomic E-state index is 5.91. The number of allylic oxidation sites excluding steroid dienone is 1. The van der Waals surface area contributed by atoms with E-state index in [1.807, 2.05) is 6.08 Å². The molecule has 1 aliphatic heterocycles. The summed E-state index contributed by atoms with van der Waals surface area (Å²) in [7, 11) is 1.57. The molecule has 0 aromatic carbocycles. The molecule has 0 bridgehead atoms. The molecule has 0 aromatic rings. The van der Waals surface area contributed by atoms with Gasteiger partial charge in [-0.05, 0) is 12.3 Å². The molecule has 76 valence electrons. The van der Waals surface area contributed by atoms with Crippen LogP contribution in [0.15, 0.2) is 12.2 Å². The van der Waals surface area contributed by atoms with Crippen LogP contribution in [0.4, 0.5) is 0 Å². The largest absolute Gasteiger partial charge is 0.359 e. The smallest absolute Gasteiger partial charge is 0.109 e. The highest BCUT2D eigenvalue weighted by atomic mass is 33.1. The molecule has 1 heterocycles. The SMILES string of the molecule is CC(CSS)C1CC=CCOC1N. The summed E-state index contributed by atoms with van der Waals surface area (Å²) in [4.78, 5) is 0. The molecule has 3 unspecified atom stereocenters. The van der Waals surface area contributed by atoms with Crippen LogP contribution in [0, 0.1) is 11.8 Å². The van der Waals surface area contributed by atoms with Gasteiger partial charge in [0.2, 0.25) is 0 Å². The van der Waals surface area contributed by atoms with E-state index in [0.29, 0.717) is 18.4 Å². The zero-order chi connectivity index (χ0) is 9.68. The van der Waals surface area contributed by atoms with Gasteiger partial charge >= 0.3 is 0 Å². The highest BCUT2D eigenvalue weighted by Gasteiger charge is 2.24. The summed E-state index contributed by atoms with van der Waals surface area (Å²) in [5, 5.41) is 0. The molecule has 13 heavy (non-hydrogen) atoms. The van der Waals surface area contributed by atoms with E-state index in [2.05, 4.69) is 24.7 Å². The molecule has 0 amide bonds. The molecule has 1 rings (SSSR count). The molecule has 3 atom stereocenters. The Bertz CT molecular complexity index is 175. The third-order valence-corrected chi connectivity index (χ3v) is 3.57. The van der Waals surface area contributed by atoms with Gasteiger partial charge < -0.3 is 10.5 Å². The van der Waals surface area contributed by atoms with Gasteiger partial charge in [-0.1, -0.05) is 29.9 Å². The van der Waals surface area contributed by atoms with Crippen molar-refractivity contribution in [2.24, 2.45) is 17.6 Å². The molecule has 2 nitrogen and oxygen atoms in total. The van der Waals surface area contributed by atoms with E-state index >= 15 is 0 Å². The Hall–Kier alpha value is 0.360. The van der Waals surface area contributed by atoms with Crippen molar-refractivity contribution >= 4 is 22.5 Å². The van der Waals surface area contributed by atoms with Crippen molar-refractivity contribution in [1.82, 2.24) is 0 Å². The quantitative estimate of drug-likeness (QED) is 0.433. The summed E-state index contributed by atoms with van der Waals surface area (Å²) in [6.45, 7) is 2.86. The van der Waals surface area contributed by atoms with E-state index in [1.54, 1.807) is 10.8 Å². The molecule has 2 N–H and O–H groups in total. The van der Waals surface area contributed by atoms with E-state index in [1.165, 1.54) is 0 Å². The number of ether oxygens (including phenoxy) is 1. The molecule has 0 spiro atoms. The van der Waals surface area contributed by atoms with Crippen molar-refractivity contribution in [2.75, 3.05) is 12.4 Å². The van der Waals surface area contributed by atoms with Crippen LogP contribution >= 0.6 is 22.5 Å². The molecule has 1 aliphatic rings. The van der Waals surface area contributed by atoms with Gasteiger partial charge in [0, 0.05) is 11.7 Å². The summed E-state index contributed by atoms with van der Waals surface area (Å²) in [5.74, 6) is 2.01. The summed E-state index contributed by atoms with van der Waals surface area (Å²) < 4.78 is 5.44. The van der Waals surface area contributed by atoms with Crippen LogP contribution in [0.1, 0.15) is 13.3 Å². The molecule has 0 aliphatic carbocycles. The second-order valence-electron chi connectivity index (χ2n) is 3.44. The van der Waals surface area contributed by atoms with Gasteiger partial charge in [0.25, 0.3) is 0 Å². The Morgan fingerprint density at radius 2 is 2.46 bits per heavy atom. The Labute approximate surface area is 89.1 Å². The Balaban J connectivity index is 2.48. The lowest BCUT2D eigenvalue weighted by molar-refractivity contribution is 0.0241. The first-order chi connectivity index (χ1) is 6.25. The first-order valence-electron chi connectivity index (χ1n) is 4.54. The molecule has 0 fully saturated rings. The van der Waals surface area contributed by atoms with Crippen LogP contribution in [0.25, 0.3) is 0 Å². The zero-order valence-electron chi connectivity index (χ0n) is 7.85. The zero-order valence-corrected chi connectivity index (χ0v) is 9.56. The normalized spacial score (nSPS) is 31.3. The first-order valence-corrected chi connectivity index (χ1v) is 6.58. The van der Waals surface area contributed by atoms with Crippen molar-refractivity contribution < 1.29 is 4.74 Å². The second kappa shape index (κ2) is 5.96. The van der Waals surface area contributed by atoms with E-state index in [-0.39, 0.29) is 6.23 Å². The van der Waals surface area contributed by atoms with Crippen LogP contribution in [-0.2, 0) is 4.74 Å². The monoisotopic (exact) mass is 219 g/mol. The predicted octanol–water partition coefficient (Wildman–Crippen LogP) is 2.08. The number of rotatable bonds is 3. The number of nitrogens with two attached hydrogens (primary N) is 1. The number of hydrogen-bond donors (Lipinski definition) is 2. The van der Waals surface area contributed by atoms with Gasteiger partial charge in [0.1, 0.15) is 6.23 Å². The van der Waals surface area contributed by atoms with Gasteiger partial charge in [-0.3, -0.25) is 0 Å². The lowest BCUT2D eigenvalue weighted by Crippen LogP contribution is -2.36. The minimum atomic E-state index is -0.120. The Morgan fingerprint density at radius 3 is 3.15 bits per heavy atom. The summed E-state index contributed by atoms with van der Waals surface area (Å²) in [6.07, 6.45) is 5.11. The Morgan fingerprint density at radius 1 is 1.69 bits per heavy atom. The predicted molar refractivity (Wildman–Crippen MR) is 61.8 cm³/mol. The van der Waals surface area contributed by atoms with Gasteiger partial charge in [0.05, 0.1) is 6.61 Å². The molecular formula is C9H17NOS2. The maximum Gasteiger partial charge on any atom is 0.109 e. The molecular weight excluding hydrogens is 202 g/mol. The van der Waals surface area contributed by atoms with Gasteiger partial charge in [-0.25, -0.2) is 0 Å². The lowest BCUT2D eigenvalue weighted by atomic mass is 9.91. The van der Waals surface area contributed by atoms with Gasteiger partial charge in [-0.15, -0.1) is 11.7 Å². The van der Waals surface area contributed by atoms with E-state index in [4.69, 9.17) is 10.5 Å². The van der Waals surface area contributed by atoms with E-state index < -0.39 is 0 Å². The molecule has 0 radical (unpaired) electrons. The molecule has 4 heteroatoms. The van der Waals surface area contributed by atoms with Crippen molar-refractivity contribution in [1.29, 1.82) is 0 Å². The number of hydrogen-bond acceptors (Lipinski definition) is 4. The standard InChI is InChI=1S/C9H17NOS2/c1-7(6-13-12)8-4-2-3-5-11-9(8)10/h2-3,7-9,12H,4-6,10H2,1H3. The van der Waals surface area contributed by atoms with Crippen LogP contribution in [0.3, 0.4) is 0 Å². The third-order valence-electron chi connectivity index (χ3n) is 2.45. The van der Waals surface area contributed by atoms with Gasteiger partial charge in [0.15, 0.2) is 0 Å². The van der Waals surface area contributed by atoms with E-state index in [0.717, 1.165) is 12.2 Å². The average Bonchev–Trinajstić information content (AvgIpc) is 2.30. The second-order valence-corrected chi connectivity index (χ2v) is 4.81. The molecule has 0 saturated heterocycles.